The summed E-state index contributed by atoms with van der Waals surface area (Å²) in [7, 11) is 0. The van der Waals surface area contributed by atoms with Crippen LogP contribution in [0.2, 0.25) is 0 Å². The molecule has 0 rings (SSSR count). The Morgan fingerprint density at radius 3 is 1.91 bits per heavy atom. The van der Waals surface area contributed by atoms with E-state index in [1.165, 1.54) is 5.54 Å². The molecule has 0 heterocycles. The van der Waals surface area contributed by atoms with E-state index < -0.39 is 0 Å². The molecule has 0 aromatic heterocycles. The zero-order chi connectivity index (χ0) is 8.74. The van der Waals surface area contributed by atoms with Crippen LogP contribution >= 0.6 is 11.6 Å². The second-order valence-electron chi connectivity index (χ2n) is 3.43. The van der Waals surface area contributed by atoms with Crippen molar-refractivity contribution < 1.29 is 0 Å². The molecule has 0 aliphatic carbocycles. The minimum atomic E-state index is 0.259. The van der Waals surface area contributed by atoms with Crippen molar-refractivity contribution in [2.75, 3.05) is 0 Å². The maximum absolute atomic E-state index is 5.31. The van der Waals surface area contributed by atoms with Gasteiger partial charge in [-0.1, -0.05) is 62.8 Å². The first-order valence-electron chi connectivity index (χ1n) is 3.67. The fourth-order valence-corrected chi connectivity index (χ4v) is 0.599. The third-order valence-electron chi connectivity index (χ3n) is 1.00. The lowest BCUT2D eigenvalue weighted by Gasteiger charge is -2.09. The van der Waals surface area contributed by atoms with E-state index in [2.05, 4.69) is 26.8 Å². The van der Waals surface area contributed by atoms with Crippen LogP contribution in [-0.4, -0.2) is 0 Å². The normalized spacial score (nSPS) is 14.2. The molecule has 0 bridgehead atoms. The second-order valence-corrected chi connectivity index (χ2v) is 3.68. The Morgan fingerprint density at radius 1 is 0.909 bits per heavy atom. The molecule has 0 fully saturated rings. The molecule has 0 unspecified atom stereocenters. The van der Waals surface area contributed by atoms with Crippen LogP contribution in [0.5, 0.6) is 0 Å². The second kappa shape index (κ2) is 5.20. The van der Waals surface area contributed by atoms with E-state index in [0.717, 1.165) is 0 Å². The third-order valence-corrected chi connectivity index (χ3v) is 1.15. The van der Waals surface area contributed by atoms with Gasteiger partial charge in [-0.25, -0.2) is 0 Å². The van der Waals surface area contributed by atoms with Crippen LogP contribution in [0, 0.1) is 5.41 Å². The van der Waals surface area contributed by atoms with Gasteiger partial charge in [0.2, 0.25) is 0 Å². The van der Waals surface area contributed by atoms with E-state index in [1.54, 1.807) is 6.08 Å². The van der Waals surface area contributed by atoms with Crippen molar-refractivity contribution in [1.82, 2.24) is 0 Å². The molecule has 0 aliphatic heterocycles. The van der Waals surface area contributed by atoms with Gasteiger partial charge in [0.25, 0.3) is 0 Å². The predicted molar refractivity (Wildman–Crippen MR) is 52.7 cm³/mol. The van der Waals surface area contributed by atoms with E-state index in [0.29, 0.717) is 0 Å². The molecule has 0 aliphatic rings. The minimum absolute atomic E-state index is 0.259. The number of hydrogen-bond acceptors (Lipinski definition) is 0. The van der Waals surface area contributed by atoms with E-state index >= 15 is 0 Å². The van der Waals surface area contributed by atoms with Crippen LogP contribution < -0.4 is 0 Å². The molecular weight excluding hydrogens is 156 g/mol. The lowest BCUT2D eigenvalue weighted by atomic mass is 9.96. The van der Waals surface area contributed by atoms with Crippen molar-refractivity contribution in [3.05, 3.63) is 35.9 Å². The average molecular weight is 171 g/mol. The SMILES string of the molecule is CC(C)(C)/C=C/C=C/C=C/Cl. The van der Waals surface area contributed by atoms with Gasteiger partial charge in [-0.15, -0.1) is 0 Å². The highest BCUT2D eigenvalue weighted by Gasteiger charge is 2.01. The molecule has 0 aromatic rings. The molecule has 0 saturated heterocycles. The molecule has 0 spiro atoms. The first-order valence-corrected chi connectivity index (χ1v) is 4.11. The maximum atomic E-state index is 5.31. The van der Waals surface area contributed by atoms with Gasteiger partial charge < -0.3 is 0 Å². The summed E-state index contributed by atoms with van der Waals surface area (Å²) in [5.74, 6) is 0. The average Bonchev–Trinajstić information content (AvgIpc) is 1.85. The Balaban J connectivity index is 3.78. The Kier molecular flexibility index (Phi) is 4.97. The number of hydrogen-bond donors (Lipinski definition) is 0. The third kappa shape index (κ3) is 9.51. The fraction of sp³-hybridized carbons (Fsp3) is 0.400. The molecule has 0 atom stereocenters. The Labute approximate surface area is 74.3 Å². The van der Waals surface area contributed by atoms with Crippen LogP contribution in [-0.2, 0) is 0 Å². The van der Waals surface area contributed by atoms with Gasteiger partial charge in [0, 0.05) is 5.54 Å². The van der Waals surface area contributed by atoms with Gasteiger partial charge in [0.1, 0.15) is 0 Å². The Bertz CT molecular complexity index is 168. The van der Waals surface area contributed by atoms with Gasteiger partial charge in [0.15, 0.2) is 0 Å². The van der Waals surface area contributed by atoms with E-state index in [-0.39, 0.29) is 5.41 Å². The summed E-state index contributed by atoms with van der Waals surface area (Å²) in [4.78, 5) is 0. The van der Waals surface area contributed by atoms with Crippen molar-refractivity contribution in [3.63, 3.8) is 0 Å². The fourth-order valence-electron chi connectivity index (χ4n) is 0.515. The lowest BCUT2D eigenvalue weighted by molar-refractivity contribution is 0.544. The summed E-state index contributed by atoms with van der Waals surface area (Å²) in [5, 5.41) is 0. The van der Waals surface area contributed by atoms with Crippen LogP contribution in [0.25, 0.3) is 0 Å². The molecule has 0 nitrogen and oxygen atoms in total. The standard InChI is InChI=1S/C10H15Cl/c1-10(2,3)8-6-4-5-7-9-11/h4-9H,1-3H3/b5-4+,8-6+,9-7+. The van der Waals surface area contributed by atoms with Gasteiger partial charge in [-0.05, 0) is 5.41 Å². The van der Waals surface area contributed by atoms with Gasteiger partial charge in [-0.3, -0.25) is 0 Å². The van der Waals surface area contributed by atoms with Crippen molar-refractivity contribution in [1.29, 1.82) is 0 Å². The molecule has 0 amide bonds. The highest BCUT2D eigenvalue weighted by Crippen LogP contribution is 2.14. The molecule has 11 heavy (non-hydrogen) atoms. The van der Waals surface area contributed by atoms with Crippen molar-refractivity contribution in [3.8, 4) is 0 Å². The summed E-state index contributed by atoms with van der Waals surface area (Å²) in [6.45, 7) is 6.48. The van der Waals surface area contributed by atoms with Crippen LogP contribution in [0.3, 0.4) is 0 Å². The van der Waals surface area contributed by atoms with Crippen molar-refractivity contribution in [2.45, 2.75) is 20.8 Å². The van der Waals surface area contributed by atoms with Crippen LogP contribution in [0.15, 0.2) is 35.9 Å². The quantitative estimate of drug-likeness (QED) is 0.552. The van der Waals surface area contributed by atoms with E-state index in [9.17, 15) is 0 Å². The smallest absolute Gasteiger partial charge is 0.00424 e. The zero-order valence-corrected chi connectivity index (χ0v) is 8.10. The zero-order valence-electron chi connectivity index (χ0n) is 7.34. The molecular formula is C10H15Cl. The largest absolute Gasteiger partial charge is 0.0930 e. The summed E-state index contributed by atoms with van der Waals surface area (Å²) in [5.41, 5.74) is 1.75. The topological polar surface area (TPSA) is 0 Å². The minimum Gasteiger partial charge on any atom is -0.0930 e. The van der Waals surface area contributed by atoms with Gasteiger partial charge in [0.05, 0.1) is 0 Å². The molecule has 0 radical (unpaired) electrons. The molecule has 62 valence electrons. The highest BCUT2D eigenvalue weighted by atomic mass is 35.5. The van der Waals surface area contributed by atoms with Crippen LogP contribution in [0.1, 0.15) is 20.8 Å². The summed E-state index contributed by atoms with van der Waals surface area (Å²) < 4.78 is 0. The summed E-state index contributed by atoms with van der Waals surface area (Å²) in [6.07, 6.45) is 9.82. The molecule has 1 heteroatoms. The molecule has 0 aromatic carbocycles. The number of allylic oxidation sites excluding steroid dienone is 5. The van der Waals surface area contributed by atoms with E-state index in [1.807, 2.05) is 18.2 Å². The Morgan fingerprint density at radius 2 is 1.45 bits per heavy atom. The first kappa shape index (κ1) is 10.5. The summed E-state index contributed by atoms with van der Waals surface area (Å²) in [6, 6.07) is 0. The number of halogens is 1. The number of rotatable bonds is 2. The lowest BCUT2D eigenvalue weighted by Crippen LogP contribution is -1.97. The van der Waals surface area contributed by atoms with E-state index in [4.69, 9.17) is 11.6 Å². The monoisotopic (exact) mass is 170 g/mol. The molecule has 0 saturated carbocycles. The highest BCUT2D eigenvalue weighted by molar-refractivity contribution is 6.25. The predicted octanol–water partition coefficient (Wildman–Crippen LogP) is 3.90. The van der Waals surface area contributed by atoms with Crippen LogP contribution in [0.4, 0.5) is 0 Å². The van der Waals surface area contributed by atoms with Crippen molar-refractivity contribution in [2.24, 2.45) is 5.41 Å². The summed E-state index contributed by atoms with van der Waals surface area (Å²) >= 11 is 5.31. The Hall–Kier alpha value is -0.490. The van der Waals surface area contributed by atoms with Gasteiger partial charge >= 0.3 is 0 Å². The van der Waals surface area contributed by atoms with Crippen molar-refractivity contribution >= 4 is 11.6 Å². The maximum Gasteiger partial charge on any atom is 0.00424 e. The van der Waals surface area contributed by atoms with Gasteiger partial charge in [-0.2, -0.15) is 0 Å². The first-order chi connectivity index (χ1) is 5.06. The molecule has 0 N–H and O–H groups in total.